The van der Waals surface area contributed by atoms with Crippen molar-refractivity contribution in [3.05, 3.63) is 34.9 Å². The molecule has 0 aliphatic carbocycles. The smallest absolute Gasteiger partial charge is 0.258 e. The highest BCUT2D eigenvalue weighted by molar-refractivity contribution is 5.89. The second-order valence-electron chi connectivity index (χ2n) is 3.16. The number of nitro groups is 1. The Bertz CT molecular complexity index is 688. The van der Waals surface area contributed by atoms with Crippen molar-refractivity contribution < 1.29 is 9.55 Å². The number of fused-ring (bicyclic) bond motifs is 1. The SMILES string of the molecule is O=[N+]([O-])c1ccc(-n2cncn2)c2nonc12. The summed E-state index contributed by atoms with van der Waals surface area (Å²) in [6, 6.07) is 2.84. The third-order valence-electron chi connectivity index (χ3n) is 2.24. The molecule has 0 fully saturated rings. The number of hydrogen-bond donors (Lipinski definition) is 0. The summed E-state index contributed by atoms with van der Waals surface area (Å²) >= 11 is 0. The van der Waals surface area contributed by atoms with Crippen molar-refractivity contribution in [3.63, 3.8) is 0 Å². The van der Waals surface area contributed by atoms with Gasteiger partial charge in [-0.15, -0.1) is 0 Å². The maximum atomic E-state index is 10.8. The monoisotopic (exact) mass is 232 g/mol. The fraction of sp³-hybridized carbons (Fsp3) is 0. The molecule has 2 heterocycles. The van der Waals surface area contributed by atoms with Crippen LogP contribution in [0.3, 0.4) is 0 Å². The maximum Gasteiger partial charge on any atom is 0.300 e. The minimum Gasteiger partial charge on any atom is -0.258 e. The number of benzene rings is 1. The van der Waals surface area contributed by atoms with Crippen molar-refractivity contribution in [2.45, 2.75) is 0 Å². The molecular weight excluding hydrogens is 228 g/mol. The molecule has 1 aromatic carbocycles. The first-order chi connectivity index (χ1) is 8.27. The highest BCUT2D eigenvalue weighted by Crippen LogP contribution is 2.26. The van der Waals surface area contributed by atoms with E-state index < -0.39 is 4.92 Å². The summed E-state index contributed by atoms with van der Waals surface area (Å²) in [5.41, 5.74) is 0.710. The molecule has 0 saturated carbocycles. The second-order valence-corrected chi connectivity index (χ2v) is 3.16. The Morgan fingerprint density at radius 2 is 2.12 bits per heavy atom. The summed E-state index contributed by atoms with van der Waals surface area (Å²) in [7, 11) is 0. The van der Waals surface area contributed by atoms with E-state index in [0.717, 1.165) is 0 Å². The molecule has 0 amide bonds. The van der Waals surface area contributed by atoms with Gasteiger partial charge in [-0.05, 0) is 16.4 Å². The Morgan fingerprint density at radius 1 is 1.29 bits per heavy atom. The van der Waals surface area contributed by atoms with Gasteiger partial charge in [0.15, 0.2) is 5.52 Å². The van der Waals surface area contributed by atoms with Gasteiger partial charge in [0.25, 0.3) is 0 Å². The van der Waals surface area contributed by atoms with Gasteiger partial charge in [-0.3, -0.25) is 10.1 Å². The fourth-order valence-electron chi connectivity index (χ4n) is 1.51. The van der Waals surface area contributed by atoms with Crippen LogP contribution in [0.1, 0.15) is 0 Å². The highest BCUT2D eigenvalue weighted by Gasteiger charge is 2.20. The first-order valence-electron chi connectivity index (χ1n) is 4.52. The first kappa shape index (κ1) is 9.39. The van der Waals surface area contributed by atoms with Crippen LogP contribution in [0.25, 0.3) is 16.7 Å². The van der Waals surface area contributed by atoms with Crippen LogP contribution in [0.2, 0.25) is 0 Å². The Kier molecular flexibility index (Phi) is 1.84. The average Bonchev–Trinajstić information content (AvgIpc) is 2.98. The molecule has 0 bridgehead atoms. The van der Waals surface area contributed by atoms with E-state index in [0.29, 0.717) is 5.69 Å². The van der Waals surface area contributed by atoms with Gasteiger partial charge < -0.3 is 0 Å². The van der Waals surface area contributed by atoms with Gasteiger partial charge in [0, 0.05) is 6.07 Å². The standard InChI is InChI=1S/C8H4N6O3/c15-14(16)6-2-1-5(13-4-9-3-10-13)7-8(6)12-17-11-7/h1-4H. The number of hydrogen-bond acceptors (Lipinski definition) is 7. The molecule has 9 nitrogen and oxygen atoms in total. The van der Waals surface area contributed by atoms with Gasteiger partial charge in [-0.1, -0.05) is 0 Å². The number of nitro benzene ring substituents is 1. The molecule has 17 heavy (non-hydrogen) atoms. The van der Waals surface area contributed by atoms with Crippen molar-refractivity contribution in [3.8, 4) is 5.69 Å². The van der Waals surface area contributed by atoms with E-state index >= 15 is 0 Å². The van der Waals surface area contributed by atoms with Crippen LogP contribution in [0.5, 0.6) is 0 Å². The molecule has 0 unspecified atom stereocenters. The van der Waals surface area contributed by atoms with Crippen LogP contribution in [-0.2, 0) is 0 Å². The normalized spacial score (nSPS) is 10.8. The molecule has 3 rings (SSSR count). The summed E-state index contributed by atoms with van der Waals surface area (Å²) in [5, 5.41) is 21.8. The zero-order chi connectivity index (χ0) is 11.8. The fourth-order valence-corrected chi connectivity index (χ4v) is 1.51. The van der Waals surface area contributed by atoms with E-state index in [1.165, 1.54) is 29.5 Å². The number of rotatable bonds is 2. The molecule has 2 aromatic heterocycles. The summed E-state index contributed by atoms with van der Waals surface area (Å²) in [6.07, 6.45) is 2.80. The van der Waals surface area contributed by atoms with Crippen LogP contribution in [0.15, 0.2) is 29.4 Å². The van der Waals surface area contributed by atoms with Gasteiger partial charge in [-0.25, -0.2) is 14.3 Å². The predicted molar refractivity (Wildman–Crippen MR) is 53.4 cm³/mol. The Labute approximate surface area is 92.8 Å². The summed E-state index contributed by atoms with van der Waals surface area (Å²) in [4.78, 5) is 14.0. The molecule has 3 aromatic rings. The van der Waals surface area contributed by atoms with Gasteiger partial charge in [0.2, 0.25) is 5.52 Å². The molecule has 84 valence electrons. The quantitative estimate of drug-likeness (QED) is 0.472. The Balaban J connectivity index is 2.33. The lowest BCUT2D eigenvalue weighted by Gasteiger charge is -1.99. The molecular formula is C8H4N6O3. The lowest BCUT2D eigenvalue weighted by atomic mass is 10.2. The molecule has 0 spiro atoms. The maximum absolute atomic E-state index is 10.8. The van der Waals surface area contributed by atoms with Crippen LogP contribution in [0, 0.1) is 10.1 Å². The van der Waals surface area contributed by atoms with E-state index in [2.05, 4.69) is 25.0 Å². The highest BCUT2D eigenvalue weighted by atomic mass is 16.6. The molecule has 9 heteroatoms. The third kappa shape index (κ3) is 1.33. The van der Waals surface area contributed by atoms with Gasteiger partial charge in [0.05, 0.1) is 10.6 Å². The second kappa shape index (κ2) is 3.33. The van der Waals surface area contributed by atoms with Crippen molar-refractivity contribution in [1.29, 1.82) is 0 Å². The minimum absolute atomic E-state index is 0.0861. The number of aromatic nitrogens is 5. The van der Waals surface area contributed by atoms with E-state index in [1.807, 2.05) is 0 Å². The van der Waals surface area contributed by atoms with Crippen LogP contribution >= 0.6 is 0 Å². The first-order valence-corrected chi connectivity index (χ1v) is 4.52. The van der Waals surface area contributed by atoms with E-state index in [1.54, 1.807) is 0 Å². The molecule has 0 aliphatic rings. The number of non-ortho nitro benzene ring substituents is 1. The number of nitrogens with zero attached hydrogens (tertiary/aromatic N) is 6. The van der Waals surface area contributed by atoms with Crippen molar-refractivity contribution in [2.75, 3.05) is 0 Å². The largest absolute Gasteiger partial charge is 0.300 e. The van der Waals surface area contributed by atoms with Crippen LogP contribution < -0.4 is 0 Å². The molecule has 0 radical (unpaired) electrons. The molecule has 0 N–H and O–H groups in total. The minimum atomic E-state index is -0.544. The van der Waals surface area contributed by atoms with Crippen molar-refractivity contribution in [2.24, 2.45) is 0 Å². The van der Waals surface area contributed by atoms with Crippen molar-refractivity contribution >= 4 is 16.7 Å². The molecule has 0 aliphatic heterocycles. The molecule has 0 saturated heterocycles. The zero-order valence-corrected chi connectivity index (χ0v) is 8.22. The zero-order valence-electron chi connectivity index (χ0n) is 8.22. The van der Waals surface area contributed by atoms with Crippen LogP contribution in [0.4, 0.5) is 5.69 Å². The van der Waals surface area contributed by atoms with E-state index in [9.17, 15) is 10.1 Å². The molecule has 0 atom stereocenters. The summed E-state index contributed by atoms with van der Waals surface area (Å²) < 4.78 is 5.96. The lowest BCUT2D eigenvalue weighted by molar-refractivity contribution is -0.383. The summed E-state index contributed by atoms with van der Waals surface area (Å²) in [5.74, 6) is 0. The van der Waals surface area contributed by atoms with Crippen molar-refractivity contribution in [1.82, 2.24) is 25.1 Å². The third-order valence-corrected chi connectivity index (χ3v) is 2.24. The lowest BCUT2D eigenvalue weighted by Crippen LogP contribution is -1.97. The van der Waals surface area contributed by atoms with Gasteiger partial charge in [-0.2, -0.15) is 5.10 Å². The van der Waals surface area contributed by atoms with E-state index in [-0.39, 0.29) is 16.7 Å². The van der Waals surface area contributed by atoms with Gasteiger partial charge >= 0.3 is 5.69 Å². The Morgan fingerprint density at radius 3 is 2.82 bits per heavy atom. The van der Waals surface area contributed by atoms with Gasteiger partial charge in [0.1, 0.15) is 12.7 Å². The predicted octanol–water partition coefficient (Wildman–Crippen LogP) is 0.712. The summed E-state index contributed by atoms with van der Waals surface area (Å²) in [6.45, 7) is 0. The van der Waals surface area contributed by atoms with E-state index in [4.69, 9.17) is 0 Å². The topological polar surface area (TPSA) is 113 Å². The Hall–Kier alpha value is -2.84. The van der Waals surface area contributed by atoms with Crippen LogP contribution in [-0.4, -0.2) is 30.0 Å². The average molecular weight is 232 g/mol.